The van der Waals surface area contributed by atoms with Gasteiger partial charge in [0, 0.05) is 38.8 Å². The quantitative estimate of drug-likeness (QED) is 0.790. The van der Waals surface area contributed by atoms with Gasteiger partial charge >= 0.3 is 0 Å². The number of aromatic nitrogens is 2. The molecule has 3 heterocycles. The van der Waals surface area contributed by atoms with E-state index in [0.717, 1.165) is 5.56 Å². The SMILES string of the molecule is CC(=O)c1ccc(N2CCN(C(=O)c3cc4c(cc3Cl)NC(=O)C4)CC2)nn1. The van der Waals surface area contributed by atoms with Crippen LogP contribution in [0, 0.1) is 0 Å². The minimum Gasteiger partial charge on any atom is -0.352 e. The van der Waals surface area contributed by atoms with E-state index in [1.165, 1.54) is 6.92 Å². The summed E-state index contributed by atoms with van der Waals surface area (Å²) in [5.74, 6) is 0.306. The molecule has 9 heteroatoms. The maximum Gasteiger partial charge on any atom is 0.255 e. The molecule has 0 radical (unpaired) electrons. The van der Waals surface area contributed by atoms with Crippen LogP contribution in [0.1, 0.15) is 33.3 Å². The first-order valence-corrected chi connectivity index (χ1v) is 9.31. The summed E-state index contributed by atoms with van der Waals surface area (Å²) in [7, 11) is 0. The predicted octanol–water partition coefficient (Wildman–Crippen LogP) is 1.79. The van der Waals surface area contributed by atoms with Crippen molar-refractivity contribution in [3.63, 3.8) is 0 Å². The van der Waals surface area contributed by atoms with Gasteiger partial charge in [-0.15, -0.1) is 10.2 Å². The summed E-state index contributed by atoms with van der Waals surface area (Å²) in [5, 5.41) is 11.1. The lowest BCUT2D eigenvalue weighted by atomic mass is 10.1. The van der Waals surface area contributed by atoms with Crippen LogP contribution < -0.4 is 10.2 Å². The van der Waals surface area contributed by atoms with Crippen LogP contribution >= 0.6 is 11.6 Å². The van der Waals surface area contributed by atoms with Crippen molar-refractivity contribution >= 4 is 40.7 Å². The molecule has 0 bridgehead atoms. The van der Waals surface area contributed by atoms with Crippen molar-refractivity contribution < 1.29 is 14.4 Å². The normalized spacial score (nSPS) is 16.0. The number of anilines is 2. The van der Waals surface area contributed by atoms with Crippen molar-refractivity contribution in [1.82, 2.24) is 15.1 Å². The fraction of sp³-hybridized carbons (Fsp3) is 0.316. The smallest absolute Gasteiger partial charge is 0.255 e. The maximum absolute atomic E-state index is 12.9. The zero-order valence-electron chi connectivity index (χ0n) is 15.2. The number of nitrogens with zero attached hydrogens (tertiary/aromatic N) is 4. The molecule has 0 aliphatic carbocycles. The molecular weight excluding hydrogens is 382 g/mol. The average molecular weight is 400 g/mol. The highest BCUT2D eigenvalue weighted by atomic mass is 35.5. The number of ketones is 1. The Hall–Kier alpha value is -3.00. The van der Waals surface area contributed by atoms with Gasteiger partial charge in [0.25, 0.3) is 5.91 Å². The Bertz CT molecular complexity index is 968. The van der Waals surface area contributed by atoms with Crippen LogP contribution in [0.15, 0.2) is 24.3 Å². The summed E-state index contributed by atoms with van der Waals surface area (Å²) in [5.41, 5.74) is 2.20. The summed E-state index contributed by atoms with van der Waals surface area (Å²) in [6, 6.07) is 6.76. The zero-order valence-corrected chi connectivity index (χ0v) is 16.0. The van der Waals surface area contributed by atoms with Crippen molar-refractivity contribution in [2.45, 2.75) is 13.3 Å². The standard InChI is InChI=1S/C19H18ClN5O3/c1-11(26)15-2-3-17(23-22-15)24-4-6-25(7-5-24)19(28)13-8-12-9-18(27)21-16(12)10-14(13)20/h2-3,8,10H,4-7,9H2,1H3,(H,21,27). The van der Waals surface area contributed by atoms with Gasteiger partial charge in [0.05, 0.1) is 17.0 Å². The van der Waals surface area contributed by atoms with Crippen molar-refractivity contribution in [2.75, 3.05) is 36.4 Å². The Labute approximate surface area is 166 Å². The second kappa shape index (κ2) is 7.20. The third kappa shape index (κ3) is 3.43. The molecule has 1 N–H and O–H groups in total. The third-order valence-corrected chi connectivity index (χ3v) is 5.26. The van der Waals surface area contributed by atoms with E-state index in [9.17, 15) is 14.4 Å². The number of halogens is 1. The lowest BCUT2D eigenvalue weighted by Gasteiger charge is -2.35. The van der Waals surface area contributed by atoms with Crippen molar-refractivity contribution in [3.8, 4) is 0 Å². The molecule has 1 fully saturated rings. The summed E-state index contributed by atoms with van der Waals surface area (Å²) in [4.78, 5) is 39.5. The molecule has 0 atom stereocenters. The Kier molecular flexibility index (Phi) is 4.72. The van der Waals surface area contributed by atoms with Crippen LogP contribution in [0.4, 0.5) is 11.5 Å². The monoisotopic (exact) mass is 399 g/mol. The van der Waals surface area contributed by atoms with E-state index in [4.69, 9.17) is 11.6 Å². The van der Waals surface area contributed by atoms with E-state index in [0.29, 0.717) is 54.0 Å². The van der Waals surface area contributed by atoms with Gasteiger partial charge in [-0.05, 0) is 29.8 Å². The first-order valence-electron chi connectivity index (χ1n) is 8.93. The molecule has 28 heavy (non-hydrogen) atoms. The van der Waals surface area contributed by atoms with Gasteiger partial charge in [-0.2, -0.15) is 0 Å². The van der Waals surface area contributed by atoms with Crippen LogP contribution in [-0.4, -0.2) is 58.9 Å². The van der Waals surface area contributed by atoms with Gasteiger partial charge in [0.15, 0.2) is 11.6 Å². The molecule has 0 unspecified atom stereocenters. The van der Waals surface area contributed by atoms with Gasteiger partial charge < -0.3 is 15.1 Å². The van der Waals surface area contributed by atoms with E-state index in [1.54, 1.807) is 29.2 Å². The Morgan fingerprint density at radius 2 is 1.86 bits per heavy atom. The molecule has 1 aromatic heterocycles. The van der Waals surface area contributed by atoms with Crippen LogP contribution in [0.2, 0.25) is 5.02 Å². The fourth-order valence-corrected chi connectivity index (χ4v) is 3.65. The second-order valence-corrected chi connectivity index (χ2v) is 7.23. The predicted molar refractivity (Wildman–Crippen MR) is 104 cm³/mol. The Morgan fingerprint density at radius 1 is 1.11 bits per heavy atom. The summed E-state index contributed by atoms with van der Waals surface area (Å²) >= 11 is 6.28. The number of carbonyl (C=O) groups is 3. The molecular formula is C19H18ClN5O3. The van der Waals surface area contributed by atoms with E-state index < -0.39 is 0 Å². The fourth-order valence-electron chi connectivity index (χ4n) is 3.40. The Balaban J connectivity index is 1.44. The molecule has 0 saturated carbocycles. The van der Waals surface area contributed by atoms with Crippen LogP contribution in [-0.2, 0) is 11.2 Å². The molecule has 8 nitrogen and oxygen atoms in total. The van der Waals surface area contributed by atoms with E-state index in [2.05, 4.69) is 15.5 Å². The number of hydrogen-bond acceptors (Lipinski definition) is 6. The number of amides is 2. The largest absolute Gasteiger partial charge is 0.352 e. The molecule has 2 aliphatic rings. The molecule has 144 valence electrons. The van der Waals surface area contributed by atoms with Crippen molar-refractivity contribution in [2.24, 2.45) is 0 Å². The summed E-state index contributed by atoms with van der Waals surface area (Å²) < 4.78 is 0. The van der Waals surface area contributed by atoms with Gasteiger partial charge in [-0.3, -0.25) is 14.4 Å². The van der Waals surface area contributed by atoms with E-state index >= 15 is 0 Å². The van der Waals surface area contributed by atoms with Crippen molar-refractivity contribution in [3.05, 3.63) is 46.1 Å². The van der Waals surface area contributed by atoms with Gasteiger partial charge in [0.1, 0.15) is 5.69 Å². The van der Waals surface area contributed by atoms with Crippen LogP contribution in [0.5, 0.6) is 0 Å². The lowest BCUT2D eigenvalue weighted by Crippen LogP contribution is -2.49. The minimum atomic E-state index is -0.148. The average Bonchev–Trinajstić information content (AvgIpc) is 3.06. The topological polar surface area (TPSA) is 95.5 Å². The number of rotatable bonds is 3. The third-order valence-electron chi connectivity index (χ3n) is 4.95. The lowest BCUT2D eigenvalue weighted by molar-refractivity contribution is -0.115. The zero-order chi connectivity index (χ0) is 19.8. The molecule has 2 amide bonds. The van der Waals surface area contributed by atoms with E-state index in [-0.39, 0.29) is 24.0 Å². The molecule has 1 saturated heterocycles. The number of nitrogens with one attached hydrogen (secondary N) is 1. The number of piperazine rings is 1. The van der Waals surface area contributed by atoms with Gasteiger partial charge in [0.2, 0.25) is 5.91 Å². The highest BCUT2D eigenvalue weighted by molar-refractivity contribution is 6.34. The first-order chi connectivity index (χ1) is 13.4. The number of benzene rings is 1. The molecule has 2 aromatic rings. The van der Waals surface area contributed by atoms with E-state index in [1.807, 2.05) is 4.90 Å². The molecule has 0 spiro atoms. The second-order valence-electron chi connectivity index (χ2n) is 6.83. The highest BCUT2D eigenvalue weighted by Crippen LogP contribution is 2.30. The first kappa shape index (κ1) is 18.4. The van der Waals surface area contributed by atoms with Crippen molar-refractivity contribution in [1.29, 1.82) is 0 Å². The minimum absolute atomic E-state index is 0.0961. The molecule has 2 aliphatic heterocycles. The molecule has 4 rings (SSSR count). The number of fused-ring (bicyclic) bond motifs is 1. The van der Waals surface area contributed by atoms with Crippen LogP contribution in [0.25, 0.3) is 0 Å². The van der Waals surface area contributed by atoms with Gasteiger partial charge in [-0.1, -0.05) is 11.6 Å². The number of hydrogen-bond donors (Lipinski definition) is 1. The number of carbonyl (C=O) groups excluding carboxylic acids is 3. The van der Waals surface area contributed by atoms with Crippen LogP contribution in [0.3, 0.4) is 0 Å². The Morgan fingerprint density at radius 3 is 2.50 bits per heavy atom. The molecule has 1 aromatic carbocycles. The summed E-state index contributed by atoms with van der Waals surface area (Å²) in [6.45, 7) is 3.67. The number of Topliss-reactive ketones (excluding diaryl/α,β-unsaturated/α-hetero) is 1. The maximum atomic E-state index is 12.9. The highest BCUT2D eigenvalue weighted by Gasteiger charge is 2.27. The van der Waals surface area contributed by atoms with Gasteiger partial charge in [-0.25, -0.2) is 0 Å². The summed E-state index contributed by atoms with van der Waals surface area (Å²) in [6.07, 6.45) is 0.259.